The molecule has 6 nitrogen and oxygen atoms in total. The lowest BCUT2D eigenvalue weighted by Crippen LogP contribution is -2.50. The van der Waals surface area contributed by atoms with Gasteiger partial charge in [0.1, 0.15) is 0 Å². The summed E-state index contributed by atoms with van der Waals surface area (Å²) < 4.78 is 16.8. The molecule has 3 aliphatic rings. The molecule has 0 radical (unpaired) electrons. The van der Waals surface area contributed by atoms with Crippen LogP contribution in [0.4, 0.5) is 0 Å². The number of ether oxygens (including phenoxy) is 3. The SMILES string of the molecule is CCC1CN(C(=O)CN2CCC(C3OCCO3)CC2)CCO1. The molecule has 6 heteroatoms. The van der Waals surface area contributed by atoms with Crippen molar-refractivity contribution < 1.29 is 19.0 Å². The van der Waals surface area contributed by atoms with E-state index < -0.39 is 0 Å². The third kappa shape index (κ3) is 3.98. The van der Waals surface area contributed by atoms with Crippen molar-refractivity contribution in [2.75, 3.05) is 52.5 Å². The second-order valence-corrected chi connectivity index (χ2v) is 6.46. The normalized spacial score (nSPS) is 29.1. The maximum absolute atomic E-state index is 12.4. The van der Waals surface area contributed by atoms with Gasteiger partial charge in [0.2, 0.25) is 5.91 Å². The molecule has 3 heterocycles. The van der Waals surface area contributed by atoms with Crippen LogP contribution in [0, 0.1) is 5.92 Å². The van der Waals surface area contributed by atoms with Crippen LogP contribution in [0.2, 0.25) is 0 Å². The number of hydrogen-bond donors (Lipinski definition) is 0. The van der Waals surface area contributed by atoms with Crippen LogP contribution in [-0.4, -0.2) is 80.6 Å². The standard InChI is InChI=1S/C16H28N2O4/c1-2-14-11-18(7-8-20-14)15(19)12-17-5-3-13(4-6-17)16-21-9-10-22-16/h13-14,16H,2-12H2,1H3. The van der Waals surface area contributed by atoms with E-state index in [2.05, 4.69) is 11.8 Å². The van der Waals surface area contributed by atoms with E-state index in [0.717, 1.165) is 58.7 Å². The first kappa shape index (κ1) is 16.2. The van der Waals surface area contributed by atoms with Gasteiger partial charge in [-0.05, 0) is 32.4 Å². The number of carbonyl (C=O) groups excluding carboxylic acids is 1. The fraction of sp³-hybridized carbons (Fsp3) is 0.938. The van der Waals surface area contributed by atoms with Crippen LogP contribution in [0.25, 0.3) is 0 Å². The number of morpholine rings is 1. The Morgan fingerprint density at radius 1 is 1.05 bits per heavy atom. The van der Waals surface area contributed by atoms with Gasteiger partial charge in [-0.2, -0.15) is 0 Å². The summed E-state index contributed by atoms with van der Waals surface area (Å²) in [5.74, 6) is 0.732. The van der Waals surface area contributed by atoms with E-state index in [0.29, 0.717) is 19.1 Å². The molecule has 1 atom stereocenters. The predicted octanol–water partition coefficient (Wildman–Crippen LogP) is 0.709. The third-order valence-electron chi connectivity index (χ3n) is 4.97. The van der Waals surface area contributed by atoms with Crippen LogP contribution >= 0.6 is 0 Å². The summed E-state index contributed by atoms with van der Waals surface area (Å²) in [5.41, 5.74) is 0. The summed E-state index contributed by atoms with van der Waals surface area (Å²) in [6.07, 6.45) is 3.27. The zero-order chi connectivity index (χ0) is 15.4. The van der Waals surface area contributed by atoms with E-state index in [1.165, 1.54) is 0 Å². The topological polar surface area (TPSA) is 51.2 Å². The van der Waals surface area contributed by atoms with Crippen molar-refractivity contribution in [2.45, 2.75) is 38.6 Å². The van der Waals surface area contributed by atoms with E-state index >= 15 is 0 Å². The number of piperidine rings is 1. The highest BCUT2D eigenvalue weighted by Crippen LogP contribution is 2.25. The zero-order valence-electron chi connectivity index (χ0n) is 13.5. The van der Waals surface area contributed by atoms with Crippen molar-refractivity contribution >= 4 is 5.91 Å². The Bertz CT molecular complexity index is 365. The summed E-state index contributed by atoms with van der Waals surface area (Å²) in [5, 5.41) is 0. The van der Waals surface area contributed by atoms with Gasteiger partial charge in [0.05, 0.1) is 32.5 Å². The Labute approximate surface area is 132 Å². The quantitative estimate of drug-likeness (QED) is 0.765. The van der Waals surface area contributed by atoms with Crippen molar-refractivity contribution in [3.8, 4) is 0 Å². The van der Waals surface area contributed by atoms with Gasteiger partial charge in [-0.15, -0.1) is 0 Å². The Balaban J connectivity index is 1.41. The minimum Gasteiger partial charge on any atom is -0.375 e. The summed E-state index contributed by atoms with van der Waals surface area (Å²) >= 11 is 0. The van der Waals surface area contributed by atoms with Crippen LogP contribution in [0.3, 0.4) is 0 Å². The average Bonchev–Trinajstić information content (AvgIpc) is 3.10. The zero-order valence-corrected chi connectivity index (χ0v) is 13.5. The van der Waals surface area contributed by atoms with E-state index in [9.17, 15) is 4.79 Å². The highest BCUT2D eigenvalue weighted by Gasteiger charge is 2.31. The monoisotopic (exact) mass is 312 g/mol. The largest absolute Gasteiger partial charge is 0.375 e. The smallest absolute Gasteiger partial charge is 0.236 e. The number of carbonyl (C=O) groups is 1. The molecule has 0 saturated carbocycles. The summed E-state index contributed by atoms with van der Waals surface area (Å²) in [6, 6.07) is 0. The van der Waals surface area contributed by atoms with Gasteiger partial charge in [-0.3, -0.25) is 9.69 Å². The molecular formula is C16H28N2O4. The van der Waals surface area contributed by atoms with E-state index in [4.69, 9.17) is 14.2 Å². The van der Waals surface area contributed by atoms with Gasteiger partial charge in [0.25, 0.3) is 0 Å². The molecule has 22 heavy (non-hydrogen) atoms. The van der Waals surface area contributed by atoms with Crippen LogP contribution in [0.1, 0.15) is 26.2 Å². The van der Waals surface area contributed by atoms with Crippen molar-refractivity contribution in [1.29, 1.82) is 0 Å². The summed E-state index contributed by atoms with van der Waals surface area (Å²) in [6.45, 7) is 8.15. The van der Waals surface area contributed by atoms with Crippen molar-refractivity contribution in [3.05, 3.63) is 0 Å². The molecule has 0 bridgehead atoms. The van der Waals surface area contributed by atoms with E-state index in [1.54, 1.807) is 0 Å². The molecule has 3 saturated heterocycles. The van der Waals surface area contributed by atoms with Crippen LogP contribution in [0.15, 0.2) is 0 Å². The number of amides is 1. The number of hydrogen-bond acceptors (Lipinski definition) is 5. The third-order valence-corrected chi connectivity index (χ3v) is 4.97. The Morgan fingerprint density at radius 2 is 1.77 bits per heavy atom. The first-order valence-electron chi connectivity index (χ1n) is 8.61. The van der Waals surface area contributed by atoms with Crippen LogP contribution in [-0.2, 0) is 19.0 Å². The van der Waals surface area contributed by atoms with Crippen molar-refractivity contribution in [1.82, 2.24) is 9.80 Å². The molecular weight excluding hydrogens is 284 g/mol. The molecule has 1 unspecified atom stereocenters. The molecule has 0 aromatic heterocycles. The molecule has 126 valence electrons. The number of nitrogens with zero attached hydrogens (tertiary/aromatic N) is 2. The first-order chi connectivity index (χ1) is 10.8. The lowest BCUT2D eigenvalue weighted by Gasteiger charge is -2.36. The summed E-state index contributed by atoms with van der Waals surface area (Å²) in [4.78, 5) is 16.7. The second-order valence-electron chi connectivity index (χ2n) is 6.46. The first-order valence-corrected chi connectivity index (χ1v) is 8.61. The molecule has 1 amide bonds. The fourth-order valence-electron chi connectivity index (χ4n) is 3.52. The van der Waals surface area contributed by atoms with E-state index in [1.807, 2.05) is 4.90 Å². The van der Waals surface area contributed by atoms with Gasteiger partial charge < -0.3 is 19.1 Å². The lowest BCUT2D eigenvalue weighted by molar-refractivity contribution is -0.141. The highest BCUT2D eigenvalue weighted by molar-refractivity contribution is 5.78. The predicted molar refractivity (Wildman–Crippen MR) is 81.5 cm³/mol. The Kier molecular flexibility index (Phi) is 5.68. The maximum atomic E-state index is 12.4. The van der Waals surface area contributed by atoms with Crippen LogP contribution in [0.5, 0.6) is 0 Å². The van der Waals surface area contributed by atoms with Crippen LogP contribution < -0.4 is 0 Å². The number of rotatable bonds is 4. The average molecular weight is 312 g/mol. The lowest BCUT2D eigenvalue weighted by atomic mass is 9.96. The molecule has 3 fully saturated rings. The molecule has 0 aliphatic carbocycles. The Hall–Kier alpha value is -0.690. The maximum Gasteiger partial charge on any atom is 0.236 e. The highest BCUT2D eigenvalue weighted by atomic mass is 16.7. The van der Waals surface area contributed by atoms with Crippen molar-refractivity contribution in [2.24, 2.45) is 5.92 Å². The minimum atomic E-state index is -0.0117. The van der Waals surface area contributed by atoms with Gasteiger partial charge in [0.15, 0.2) is 6.29 Å². The summed E-state index contributed by atoms with van der Waals surface area (Å²) in [7, 11) is 0. The molecule has 0 spiro atoms. The van der Waals surface area contributed by atoms with Crippen molar-refractivity contribution in [3.63, 3.8) is 0 Å². The van der Waals surface area contributed by atoms with Gasteiger partial charge in [0, 0.05) is 19.0 Å². The molecule has 0 aromatic rings. The van der Waals surface area contributed by atoms with E-state index in [-0.39, 0.29) is 18.3 Å². The fourth-order valence-corrected chi connectivity index (χ4v) is 3.52. The van der Waals surface area contributed by atoms with Gasteiger partial charge in [-0.1, -0.05) is 6.92 Å². The Morgan fingerprint density at radius 3 is 2.45 bits per heavy atom. The molecule has 3 rings (SSSR count). The van der Waals surface area contributed by atoms with Gasteiger partial charge >= 0.3 is 0 Å². The molecule has 0 N–H and O–H groups in total. The molecule has 3 aliphatic heterocycles. The molecule has 0 aromatic carbocycles. The second kappa shape index (κ2) is 7.73. The number of likely N-dealkylation sites (tertiary alicyclic amines) is 1. The minimum absolute atomic E-state index is 0.0117. The van der Waals surface area contributed by atoms with Gasteiger partial charge in [-0.25, -0.2) is 0 Å².